The minimum atomic E-state index is -0.277. The summed E-state index contributed by atoms with van der Waals surface area (Å²) in [6.45, 7) is 4.09. The first kappa shape index (κ1) is 16.8. The molecule has 0 saturated heterocycles. The number of rotatable bonds is 6. The first-order valence-corrected chi connectivity index (χ1v) is 7.20. The minimum Gasteiger partial charge on any atom is -0.334 e. The summed E-state index contributed by atoms with van der Waals surface area (Å²) in [5, 5.41) is 3.55. The van der Waals surface area contributed by atoms with E-state index in [1.165, 1.54) is 11.8 Å². The summed E-state index contributed by atoms with van der Waals surface area (Å²) >= 11 is 11.8. The summed E-state index contributed by atoms with van der Waals surface area (Å²) in [6, 6.07) is 4.83. The molecule has 0 aliphatic rings. The van der Waals surface area contributed by atoms with Crippen LogP contribution in [0.1, 0.15) is 26.7 Å². The van der Waals surface area contributed by atoms with Crippen molar-refractivity contribution in [2.45, 2.75) is 26.7 Å². The molecule has 110 valence electrons. The van der Waals surface area contributed by atoms with Gasteiger partial charge in [-0.1, -0.05) is 36.5 Å². The fourth-order valence-electron chi connectivity index (χ4n) is 1.65. The van der Waals surface area contributed by atoms with Crippen LogP contribution in [-0.4, -0.2) is 29.8 Å². The summed E-state index contributed by atoms with van der Waals surface area (Å²) in [5.41, 5.74) is 0.486. The van der Waals surface area contributed by atoms with E-state index < -0.39 is 0 Å². The standard InChI is InChI=1S/C14H18Cl2N2O2/c1-3-4-7-18(10(2)19)9-14(20)17-13-6-5-11(15)8-12(13)16/h5-6,8H,3-4,7,9H2,1-2H3,(H,17,20). The SMILES string of the molecule is CCCCN(CC(=O)Nc1ccc(Cl)cc1Cl)C(C)=O. The lowest BCUT2D eigenvalue weighted by Crippen LogP contribution is -2.37. The molecule has 0 atom stereocenters. The minimum absolute atomic E-state index is 0.0221. The Morgan fingerprint density at radius 2 is 2.00 bits per heavy atom. The number of nitrogens with zero attached hydrogens (tertiary/aromatic N) is 1. The third-order valence-electron chi connectivity index (χ3n) is 2.77. The van der Waals surface area contributed by atoms with Crippen LogP contribution >= 0.6 is 23.2 Å². The Labute approximate surface area is 129 Å². The summed E-state index contributed by atoms with van der Waals surface area (Å²) in [6.07, 6.45) is 1.84. The fraction of sp³-hybridized carbons (Fsp3) is 0.429. The molecule has 2 amide bonds. The van der Waals surface area contributed by atoms with Gasteiger partial charge < -0.3 is 10.2 Å². The highest BCUT2D eigenvalue weighted by Crippen LogP contribution is 2.25. The second kappa shape index (κ2) is 8.12. The monoisotopic (exact) mass is 316 g/mol. The first-order chi connectivity index (χ1) is 9.43. The Morgan fingerprint density at radius 3 is 2.55 bits per heavy atom. The third-order valence-corrected chi connectivity index (χ3v) is 3.31. The number of carbonyl (C=O) groups is 2. The topological polar surface area (TPSA) is 49.4 Å². The van der Waals surface area contributed by atoms with Crippen molar-refractivity contribution in [3.05, 3.63) is 28.2 Å². The van der Waals surface area contributed by atoms with Crippen molar-refractivity contribution in [3.63, 3.8) is 0 Å². The highest BCUT2D eigenvalue weighted by atomic mass is 35.5. The zero-order valence-corrected chi connectivity index (χ0v) is 13.1. The molecule has 0 aromatic heterocycles. The fourth-order valence-corrected chi connectivity index (χ4v) is 2.11. The number of hydrogen-bond donors (Lipinski definition) is 1. The molecule has 0 fully saturated rings. The van der Waals surface area contributed by atoms with E-state index in [-0.39, 0.29) is 18.4 Å². The van der Waals surface area contributed by atoms with E-state index in [2.05, 4.69) is 5.32 Å². The van der Waals surface area contributed by atoms with Gasteiger partial charge in [-0.25, -0.2) is 0 Å². The predicted octanol–water partition coefficient (Wildman–Crippen LogP) is 3.58. The molecule has 0 heterocycles. The van der Waals surface area contributed by atoms with Crippen molar-refractivity contribution in [1.82, 2.24) is 4.90 Å². The van der Waals surface area contributed by atoms with E-state index in [0.717, 1.165) is 12.8 Å². The molecule has 4 nitrogen and oxygen atoms in total. The summed E-state index contributed by atoms with van der Waals surface area (Å²) in [5.74, 6) is -0.392. The lowest BCUT2D eigenvalue weighted by molar-refractivity contribution is -0.132. The van der Waals surface area contributed by atoms with Gasteiger partial charge in [0.15, 0.2) is 0 Å². The summed E-state index contributed by atoms with van der Waals surface area (Å²) < 4.78 is 0. The molecule has 6 heteroatoms. The number of carbonyl (C=O) groups excluding carboxylic acids is 2. The molecule has 0 aliphatic heterocycles. The van der Waals surface area contributed by atoms with Crippen molar-refractivity contribution in [2.24, 2.45) is 0 Å². The van der Waals surface area contributed by atoms with E-state index in [1.54, 1.807) is 18.2 Å². The van der Waals surface area contributed by atoms with Crippen LogP contribution < -0.4 is 5.32 Å². The molecule has 0 spiro atoms. The van der Waals surface area contributed by atoms with Gasteiger partial charge in [0.25, 0.3) is 0 Å². The lowest BCUT2D eigenvalue weighted by atomic mass is 10.3. The molecule has 1 rings (SSSR count). The lowest BCUT2D eigenvalue weighted by Gasteiger charge is -2.20. The van der Waals surface area contributed by atoms with Crippen molar-refractivity contribution in [3.8, 4) is 0 Å². The van der Waals surface area contributed by atoms with Crippen LogP contribution in [0.5, 0.6) is 0 Å². The van der Waals surface area contributed by atoms with E-state index in [0.29, 0.717) is 22.3 Å². The van der Waals surface area contributed by atoms with E-state index in [4.69, 9.17) is 23.2 Å². The van der Waals surface area contributed by atoms with Crippen molar-refractivity contribution >= 4 is 40.7 Å². The van der Waals surface area contributed by atoms with Crippen LogP contribution in [0.15, 0.2) is 18.2 Å². The van der Waals surface area contributed by atoms with Gasteiger partial charge >= 0.3 is 0 Å². The number of nitrogens with one attached hydrogen (secondary N) is 1. The van der Waals surface area contributed by atoms with Gasteiger partial charge in [-0.15, -0.1) is 0 Å². The Hall–Kier alpha value is -1.26. The van der Waals surface area contributed by atoms with Crippen LogP contribution in [0, 0.1) is 0 Å². The van der Waals surface area contributed by atoms with Gasteiger partial charge in [0.1, 0.15) is 0 Å². The average molecular weight is 317 g/mol. The molecule has 0 radical (unpaired) electrons. The Morgan fingerprint density at radius 1 is 1.30 bits per heavy atom. The van der Waals surface area contributed by atoms with E-state index in [1.807, 2.05) is 6.92 Å². The van der Waals surface area contributed by atoms with Gasteiger partial charge in [0, 0.05) is 18.5 Å². The number of hydrogen-bond acceptors (Lipinski definition) is 2. The molecule has 0 aliphatic carbocycles. The highest BCUT2D eigenvalue weighted by Gasteiger charge is 2.14. The van der Waals surface area contributed by atoms with E-state index >= 15 is 0 Å². The largest absolute Gasteiger partial charge is 0.334 e. The zero-order chi connectivity index (χ0) is 15.1. The predicted molar refractivity (Wildman–Crippen MR) is 82.3 cm³/mol. The maximum absolute atomic E-state index is 11.9. The molecule has 1 aromatic carbocycles. The molecule has 0 saturated carbocycles. The molecule has 20 heavy (non-hydrogen) atoms. The highest BCUT2D eigenvalue weighted by molar-refractivity contribution is 6.36. The van der Waals surface area contributed by atoms with Gasteiger partial charge in [0.2, 0.25) is 11.8 Å². The molecule has 0 bridgehead atoms. The van der Waals surface area contributed by atoms with Crippen LogP contribution in [-0.2, 0) is 9.59 Å². The number of halogens is 2. The number of benzene rings is 1. The van der Waals surface area contributed by atoms with Crippen molar-refractivity contribution in [1.29, 1.82) is 0 Å². The van der Waals surface area contributed by atoms with Gasteiger partial charge in [-0.2, -0.15) is 0 Å². The van der Waals surface area contributed by atoms with Crippen LogP contribution in [0.25, 0.3) is 0 Å². The number of unbranched alkanes of at least 4 members (excludes halogenated alkanes) is 1. The van der Waals surface area contributed by atoms with Gasteiger partial charge in [-0.05, 0) is 24.6 Å². The van der Waals surface area contributed by atoms with Crippen LogP contribution in [0.4, 0.5) is 5.69 Å². The zero-order valence-electron chi connectivity index (χ0n) is 11.6. The smallest absolute Gasteiger partial charge is 0.244 e. The number of anilines is 1. The van der Waals surface area contributed by atoms with Crippen molar-refractivity contribution < 1.29 is 9.59 Å². The maximum atomic E-state index is 11.9. The molecule has 1 aromatic rings. The van der Waals surface area contributed by atoms with Gasteiger partial charge in [-0.3, -0.25) is 9.59 Å². The Bertz CT molecular complexity index is 492. The van der Waals surface area contributed by atoms with Crippen LogP contribution in [0.3, 0.4) is 0 Å². The summed E-state index contributed by atoms with van der Waals surface area (Å²) in [4.78, 5) is 24.9. The first-order valence-electron chi connectivity index (χ1n) is 6.44. The molecule has 0 unspecified atom stereocenters. The maximum Gasteiger partial charge on any atom is 0.244 e. The Kier molecular flexibility index (Phi) is 6.82. The molecule has 1 N–H and O–H groups in total. The average Bonchev–Trinajstić information content (AvgIpc) is 2.37. The second-order valence-electron chi connectivity index (χ2n) is 4.47. The summed E-state index contributed by atoms with van der Waals surface area (Å²) in [7, 11) is 0. The molecular formula is C14H18Cl2N2O2. The van der Waals surface area contributed by atoms with Crippen molar-refractivity contribution in [2.75, 3.05) is 18.4 Å². The normalized spacial score (nSPS) is 10.2. The Balaban J connectivity index is 2.63. The van der Waals surface area contributed by atoms with Crippen LogP contribution in [0.2, 0.25) is 10.0 Å². The molecular weight excluding hydrogens is 299 g/mol. The second-order valence-corrected chi connectivity index (χ2v) is 5.31. The van der Waals surface area contributed by atoms with E-state index in [9.17, 15) is 9.59 Å². The third kappa shape index (κ3) is 5.39. The number of amides is 2. The van der Waals surface area contributed by atoms with Gasteiger partial charge in [0.05, 0.1) is 17.3 Å². The quantitative estimate of drug-likeness (QED) is 0.872.